The molecule has 2 aromatic heterocycles. The Morgan fingerprint density at radius 3 is 2.39 bits per heavy atom. The van der Waals surface area contributed by atoms with Crippen molar-refractivity contribution < 1.29 is 17.9 Å². The molecule has 0 fully saturated rings. The van der Waals surface area contributed by atoms with Crippen molar-refractivity contribution in [2.24, 2.45) is 7.05 Å². The predicted molar refractivity (Wildman–Crippen MR) is 117 cm³/mol. The van der Waals surface area contributed by atoms with Crippen molar-refractivity contribution in [1.82, 2.24) is 23.9 Å². The molecule has 0 amide bonds. The molecule has 3 rings (SSSR count). The van der Waals surface area contributed by atoms with Crippen LogP contribution >= 0.6 is 0 Å². The summed E-state index contributed by atoms with van der Waals surface area (Å²) < 4.78 is 42.6. The molecule has 0 aliphatic heterocycles. The van der Waals surface area contributed by atoms with E-state index in [2.05, 4.69) is 10.2 Å². The number of aromatic nitrogens is 4. The third-order valence-corrected chi connectivity index (χ3v) is 7.14. The molecule has 0 saturated carbocycles. The number of ether oxygens (including phenoxy) is 2. The first-order valence-electron chi connectivity index (χ1n) is 10.0. The zero-order valence-corrected chi connectivity index (χ0v) is 19.4. The number of hydrogen-bond acceptors (Lipinski definition) is 6. The molecule has 168 valence electrons. The lowest BCUT2D eigenvalue weighted by atomic mass is 10.1. The normalized spacial score (nSPS) is 11.8. The monoisotopic (exact) mass is 447 g/mol. The van der Waals surface area contributed by atoms with E-state index in [0.717, 1.165) is 11.1 Å². The molecule has 10 heteroatoms. The van der Waals surface area contributed by atoms with Crippen molar-refractivity contribution in [3.63, 3.8) is 0 Å². The van der Waals surface area contributed by atoms with Gasteiger partial charge in [-0.2, -0.15) is 14.5 Å². The van der Waals surface area contributed by atoms with Gasteiger partial charge in [-0.3, -0.25) is 9.36 Å². The van der Waals surface area contributed by atoms with Crippen LogP contribution in [0.3, 0.4) is 0 Å². The molecule has 0 saturated heterocycles. The highest BCUT2D eigenvalue weighted by Gasteiger charge is 2.29. The lowest BCUT2D eigenvalue weighted by Gasteiger charge is -2.22. The van der Waals surface area contributed by atoms with Gasteiger partial charge in [0, 0.05) is 38.4 Å². The fraction of sp³-hybridized carbons (Fsp3) is 0.429. The van der Waals surface area contributed by atoms with E-state index in [0.29, 0.717) is 36.7 Å². The van der Waals surface area contributed by atoms with E-state index >= 15 is 0 Å². The van der Waals surface area contributed by atoms with E-state index in [-0.39, 0.29) is 11.4 Å². The van der Waals surface area contributed by atoms with Gasteiger partial charge in [0.2, 0.25) is 10.0 Å². The smallest absolute Gasteiger partial charge is 0.246 e. The number of benzene rings is 1. The first-order chi connectivity index (χ1) is 14.8. The summed E-state index contributed by atoms with van der Waals surface area (Å²) in [5, 5.41) is 8.39. The van der Waals surface area contributed by atoms with Crippen LogP contribution in [0.25, 0.3) is 0 Å². The molecule has 0 spiro atoms. The summed E-state index contributed by atoms with van der Waals surface area (Å²) in [6.07, 6.45) is 5.45. The third kappa shape index (κ3) is 4.91. The lowest BCUT2D eigenvalue weighted by Crippen LogP contribution is -2.33. The van der Waals surface area contributed by atoms with Gasteiger partial charge in [-0.1, -0.05) is 6.07 Å². The van der Waals surface area contributed by atoms with Gasteiger partial charge >= 0.3 is 0 Å². The average Bonchev–Trinajstić information content (AvgIpc) is 3.35. The molecular formula is C21H29N5O4S. The number of methoxy groups -OCH3 is 2. The molecule has 0 N–H and O–H groups in total. The Morgan fingerprint density at radius 2 is 1.81 bits per heavy atom. The Morgan fingerprint density at radius 1 is 1.06 bits per heavy atom. The first kappa shape index (κ1) is 22.8. The van der Waals surface area contributed by atoms with Gasteiger partial charge in [-0.15, -0.1) is 0 Å². The van der Waals surface area contributed by atoms with Gasteiger partial charge in [-0.25, -0.2) is 8.42 Å². The molecule has 0 bridgehead atoms. The Balaban J connectivity index is 1.90. The molecule has 1 aromatic carbocycles. The molecule has 0 aliphatic carbocycles. The fourth-order valence-corrected chi connectivity index (χ4v) is 5.06. The van der Waals surface area contributed by atoms with Crippen molar-refractivity contribution >= 4 is 10.0 Å². The number of rotatable bonds is 10. The fourth-order valence-electron chi connectivity index (χ4n) is 3.47. The zero-order valence-electron chi connectivity index (χ0n) is 18.6. The third-order valence-electron chi connectivity index (χ3n) is 5.19. The van der Waals surface area contributed by atoms with Gasteiger partial charge in [0.05, 0.1) is 32.3 Å². The van der Waals surface area contributed by atoms with Crippen LogP contribution < -0.4 is 9.47 Å². The lowest BCUT2D eigenvalue weighted by molar-refractivity contribution is 0.354. The molecule has 9 nitrogen and oxygen atoms in total. The first-order valence-corrected chi connectivity index (χ1v) is 11.4. The average molecular weight is 448 g/mol. The van der Waals surface area contributed by atoms with Crippen LogP contribution in [0.5, 0.6) is 11.5 Å². The Kier molecular flexibility index (Phi) is 7.01. The highest BCUT2D eigenvalue weighted by atomic mass is 32.2. The summed E-state index contributed by atoms with van der Waals surface area (Å²) in [4.78, 5) is 0.227. The molecule has 3 aromatic rings. The Labute approximate surface area is 183 Å². The van der Waals surface area contributed by atoms with Gasteiger partial charge < -0.3 is 9.47 Å². The van der Waals surface area contributed by atoms with E-state index < -0.39 is 10.0 Å². The van der Waals surface area contributed by atoms with E-state index in [1.165, 1.54) is 10.5 Å². The van der Waals surface area contributed by atoms with Crippen LogP contribution in [0.2, 0.25) is 0 Å². The number of aryl methyl sites for hydroxylation is 2. The predicted octanol–water partition coefficient (Wildman–Crippen LogP) is 2.40. The zero-order chi connectivity index (χ0) is 22.6. The van der Waals surface area contributed by atoms with Crippen molar-refractivity contribution in [3.8, 4) is 11.5 Å². The highest BCUT2D eigenvalue weighted by molar-refractivity contribution is 7.89. The number of nitrogens with zero attached hydrogens (tertiary/aromatic N) is 5. The number of sulfonamides is 1. The second-order valence-electron chi connectivity index (χ2n) is 7.21. The van der Waals surface area contributed by atoms with Gasteiger partial charge in [0.25, 0.3) is 0 Å². The van der Waals surface area contributed by atoms with Crippen molar-refractivity contribution in [3.05, 3.63) is 53.6 Å². The molecule has 0 unspecified atom stereocenters. The molecule has 0 atom stereocenters. The van der Waals surface area contributed by atoms with Crippen LogP contribution in [-0.2, 0) is 36.6 Å². The molecule has 2 heterocycles. The largest absolute Gasteiger partial charge is 0.493 e. The molecule has 31 heavy (non-hydrogen) atoms. The molecular weight excluding hydrogens is 418 g/mol. The standard InChI is InChI=1S/C21H29N5O4S/c1-6-26-16(2)21(13-23-26)31(27,28)25(15-18-12-22-24(3)14-18)10-9-17-7-8-19(29-4)20(11-17)30-5/h7-8,11-14H,6,9-10,15H2,1-5H3. The van der Waals surface area contributed by atoms with Gasteiger partial charge in [0.1, 0.15) is 4.90 Å². The van der Waals surface area contributed by atoms with E-state index in [4.69, 9.17) is 9.47 Å². The summed E-state index contributed by atoms with van der Waals surface area (Å²) in [5.41, 5.74) is 2.40. The summed E-state index contributed by atoms with van der Waals surface area (Å²) in [6, 6.07) is 5.61. The minimum absolute atomic E-state index is 0.222. The summed E-state index contributed by atoms with van der Waals surface area (Å²) >= 11 is 0. The quantitative estimate of drug-likeness (QED) is 0.474. The summed E-state index contributed by atoms with van der Waals surface area (Å²) in [5.74, 6) is 1.25. The van der Waals surface area contributed by atoms with E-state index in [1.807, 2.05) is 31.3 Å². The maximum atomic E-state index is 13.5. The second-order valence-corrected chi connectivity index (χ2v) is 9.12. The van der Waals surface area contributed by atoms with Crippen molar-refractivity contribution in [2.75, 3.05) is 20.8 Å². The Hall–Kier alpha value is -2.85. The van der Waals surface area contributed by atoms with Crippen LogP contribution in [0.4, 0.5) is 0 Å². The maximum absolute atomic E-state index is 13.5. The van der Waals surface area contributed by atoms with Crippen molar-refractivity contribution in [1.29, 1.82) is 0 Å². The van der Waals surface area contributed by atoms with Gasteiger partial charge in [-0.05, 0) is 38.0 Å². The SMILES string of the molecule is CCn1ncc(S(=O)(=O)N(CCc2ccc(OC)c(OC)c2)Cc2cnn(C)c2)c1C. The van der Waals surface area contributed by atoms with Crippen LogP contribution in [0.1, 0.15) is 23.7 Å². The van der Waals surface area contributed by atoms with E-state index in [9.17, 15) is 8.42 Å². The summed E-state index contributed by atoms with van der Waals surface area (Å²) in [6.45, 7) is 4.83. The second kappa shape index (κ2) is 9.52. The van der Waals surface area contributed by atoms with E-state index in [1.54, 1.807) is 43.8 Å². The minimum Gasteiger partial charge on any atom is -0.493 e. The molecule has 0 radical (unpaired) electrons. The van der Waals surface area contributed by atoms with Crippen LogP contribution in [-0.4, -0.2) is 53.0 Å². The van der Waals surface area contributed by atoms with Gasteiger partial charge in [0.15, 0.2) is 11.5 Å². The highest BCUT2D eigenvalue weighted by Crippen LogP contribution is 2.28. The topological polar surface area (TPSA) is 91.5 Å². The Bertz CT molecular complexity index is 1140. The summed E-state index contributed by atoms with van der Waals surface area (Å²) in [7, 11) is 1.22. The van der Waals surface area contributed by atoms with Crippen molar-refractivity contribution in [2.45, 2.75) is 38.3 Å². The number of hydrogen-bond donors (Lipinski definition) is 0. The van der Waals surface area contributed by atoms with Crippen LogP contribution in [0, 0.1) is 6.92 Å². The van der Waals surface area contributed by atoms with Crippen LogP contribution in [0.15, 0.2) is 41.7 Å². The minimum atomic E-state index is -3.75. The maximum Gasteiger partial charge on any atom is 0.246 e. The molecule has 0 aliphatic rings.